The Morgan fingerprint density at radius 2 is 2.07 bits per heavy atom. The van der Waals surface area contributed by atoms with E-state index in [-0.39, 0.29) is 23.2 Å². The first kappa shape index (κ1) is 14.3. The Hall–Kier alpha value is -0.730. The zero-order chi connectivity index (χ0) is 12.1. The molecule has 0 aromatic carbocycles. The van der Waals surface area contributed by atoms with Gasteiger partial charge in [0, 0.05) is 6.54 Å². The topological polar surface area (TPSA) is 101 Å². The van der Waals surface area contributed by atoms with Crippen LogP contribution in [0.15, 0.2) is 0 Å². The zero-order valence-electron chi connectivity index (χ0n) is 8.61. The number of thiocarbonyl (C=S) groups is 1. The number of hydrogen-bond donors (Lipinski definition) is 3. The van der Waals surface area contributed by atoms with E-state index < -0.39 is 15.9 Å². The van der Waals surface area contributed by atoms with Crippen LogP contribution < -0.4 is 15.8 Å². The Morgan fingerprint density at radius 1 is 1.53 bits per heavy atom. The minimum Gasteiger partial charge on any atom is -0.393 e. The minimum atomic E-state index is -3.29. The molecule has 0 bridgehead atoms. The van der Waals surface area contributed by atoms with E-state index in [9.17, 15) is 13.2 Å². The highest BCUT2D eigenvalue weighted by molar-refractivity contribution is 7.89. The van der Waals surface area contributed by atoms with E-state index in [4.69, 9.17) is 5.73 Å². The maximum Gasteiger partial charge on any atom is 0.229 e. The average Bonchev–Trinajstić information content (AvgIpc) is 2.16. The van der Waals surface area contributed by atoms with E-state index >= 15 is 0 Å². The van der Waals surface area contributed by atoms with Gasteiger partial charge in [-0.3, -0.25) is 4.79 Å². The van der Waals surface area contributed by atoms with Gasteiger partial charge in [0.1, 0.15) is 0 Å². The van der Waals surface area contributed by atoms with E-state index in [2.05, 4.69) is 22.3 Å². The van der Waals surface area contributed by atoms with Crippen molar-refractivity contribution in [1.82, 2.24) is 10.0 Å². The summed E-state index contributed by atoms with van der Waals surface area (Å²) < 4.78 is 24.1. The number of sulfonamides is 1. The Morgan fingerprint density at radius 3 is 2.47 bits per heavy atom. The van der Waals surface area contributed by atoms with Crippen LogP contribution >= 0.6 is 12.2 Å². The molecule has 15 heavy (non-hydrogen) atoms. The molecule has 1 atom stereocenters. The van der Waals surface area contributed by atoms with Crippen molar-refractivity contribution in [3.63, 3.8) is 0 Å². The molecule has 0 fully saturated rings. The molecule has 0 aliphatic rings. The summed E-state index contributed by atoms with van der Waals surface area (Å²) in [5, 5.41) is 2.43. The van der Waals surface area contributed by atoms with Crippen molar-refractivity contribution in [1.29, 1.82) is 0 Å². The van der Waals surface area contributed by atoms with Gasteiger partial charge in [0.05, 0.1) is 16.7 Å². The van der Waals surface area contributed by atoms with E-state index in [1.807, 2.05) is 0 Å². The van der Waals surface area contributed by atoms with Crippen LogP contribution in [0.5, 0.6) is 0 Å². The van der Waals surface area contributed by atoms with Crippen molar-refractivity contribution in [2.24, 2.45) is 11.7 Å². The predicted octanol–water partition coefficient (Wildman–Crippen LogP) is -1.43. The monoisotopic (exact) mass is 253 g/mol. The summed E-state index contributed by atoms with van der Waals surface area (Å²) in [5.74, 6) is -1.12. The summed E-state index contributed by atoms with van der Waals surface area (Å²) in [7, 11) is -1.98. The van der Waals surface area contributed by atoms with Crippen LogP contribution in [0.4, 0.5) is 0 Å². The summed E-state index contributed by atoms with van der Waals surface area (Å²) in [6.07, 6.45) is 0. The molecule has 0 aromatic heterocycles. The molecule has 6 nitrogen and oxygen atoms in total. The van der Waals surface area contributed by atoms with Crippen molar-refractivity contribution < 1.29 is 13.2 Å². The number of carbonyl (C=O) groups excluding carboxylic acids is 1. The number of hydrogen-bond acceptors (Lipinski definition) is 4. The fraction of sp³-hybridized carbons (Fsp3) is 0.714. The lowest BCUT2D eigenvalue weighted by Gasteiger charge is -2.10. The SMILES string of the molecule is CNS(=O)(=O)CCNC(=O)C(C)C(N)=S. The molecule has 8 heteroatoms. The lowest BCUT2D eigenvalue weighted by atomic mass is 10.2. The van der Waals surface area contributed by atoms with E-state index in [0.717, 1.165) is 0 Å². The van der Waals surface area contributed by atoms with Gasteiger partial charge < -0.3 is 11.1 Å². The molecule has 0 saturated carbocycles. The largest absolute Gasteiger partial charge is 0.393 e. The summed E-state index contributed by atoms with van der Waals surface area (Å²) >= 11 is 4.63. The van der Waals surface area contributed by atoms with Gasteiger partial charge in [0.25, 0.3) is 0 Å². The minimum absolute atomic E-state index is 0.0367. The molecule has 4 N–H and O–H groups in total. The van der Waals surface area contributed by atoms with Gasteiger partial charge in [0.2, 0.25) is 15.9 Å². The van der Waals surface area contributed by atoms with Crippen LogP contribution in [-0.4, -0.2) is 38.7 Å². The third-order valence-corrected chi connectivity index (χ3v) is 3.52. The van der Waals surface area contributed by atoms with Crippen molar-refractivity contribution >= 4 is 33.1 Å². The van der Waals surface area contributed by atoms with Crippen LogP contribution in [0.25, 0.3) is 0 Å². The highest BCUT2D eigenvalue weighted by Gasteiger charge is 2.15. The molecule has 1 amide bonds. The fourth-order valence-electron chi connectivity index (χ4n) is 0.693. The lowest BCUT2D eigenvalue weighted by molar-refractivity contribution is -0.122. The molecular weight excluding hydrogens is 238 g/mol. The third kappa shape index (κ3) is 5.65. The summed E-state index contributed by atoms with van der Waals surface area (Å²) in [4.78, 5) is 11.4. The Labute approximate surface area is 94.6 Å². The van der Waals surface area contributed by atoms with Gasteiger partial charge in [-0.2, -0.15) is 0 Å². The molecular formula is C7H15N3O3S2. The second-order valence-corrected chi connectivity index (χ2v) is 5.46. The normalized spacial score (nSPS) is 13.2. The van der Waals surface area contributed by atoms with E-state index in [0.29, 0.717) is 0 Å². The number of amides is 1. The Bertz CT molecular complexity index is 339. The molecule has 1 unspecified atom stereocenters. The Balaban J connectivity index is 3.99. The standard InChI is InChI=1S/C7H15N3O3S2/c1-5(6(8)14)7(11)10-3-4-15(12,13)9-2/h5,9H,3-4H2,1-2H3,(H2,8,14)(H,10,11). The molecule has 0 saturated heterocycles. The second-order valence-electron chi connectivity index (χ2n) is 2.94. The van der Waals surface area contributed by atoms with Crippen LogP contribution in [-0.2, 0) is 14.8 Å². The van der Waals surface area contributed by atoms with Crippen molar-refractivity contribution in [2.75, 3.05) is 19.3 Å². The molecule has 0 aliphatic heterocycles. The van der Waals surface area contributed by atoms with Crippen LogP contribution in [0, 0.1) is 5.92 Å². The molecule has 0 rings (SSSR count). The van der Waals surface area contributed by atoms with Crippen LogP contribution in [0.2, 0.25) is 0 Å². The Kier molecular flexibility index (Phi) is 5.69. The van der Waals surface area contributed by atoms with Crippen LogP contribution in [0.3, 0.4) is 0 Å². The van der Waals surface area contributed by atoms with Gasteiger partial charge >= 0.3 is 0 Å². The highest BCUT2D eigenvalue weighted by Crippen LogP contribution is 1.94. The highest BCUT2D eigenvalue weighted by atomic mass is 32.2. The first-order valence-corrected chi connectivity index (χ1v) is 6.34. The molecule has 88 valence electrons. The summed E-state index contributed by atoms with van der Waals surface area (Å²) in [6.45, 7) is 1.60. The van der Waals surface area contributed by atoms with Gasteiger partial charge in [-0.25, -0.2) is 13.1 Å². The van der Waals surface area contributed by atoms with Gasteiger partial charge in [-0.05, 0) is 14.0 Å². The first-order chi connectivity index (χ1) is 6.80. The summed E-state index contributed by atoms with van der Waals surface area (Å²) in [5.41, 5.74) is 5.26. The predicted molar refractivity (Wildman–Crippen MR) is 61.8 cm³/mol. The van der Waals surface area contributed by atoms with Gasteiger partial charge in [-0.1, -0.05) is 12.2 Å². The average molecular weight is 253 g/mol. The van der Waals surface area contributed by atoms with Crippen molar-refractivity contribution in [3.8, 4) is 0 Å². The molecule has 0 aliphatic carbocycles. The maximum absolute atomic E-state index is 11.3. The molecule has 0 radical (unpaired) electrons. The maximum atomic E-state index is 11.3. The summed E-state index contributed by atoms with van der Waals surface area (Å²) in [6, 6.07) is 0. The van der Waals surface area contributed by atoms with Crippen molar-refractivity contribution in [3.05, 3.63) is 0 Å². The van der Waals surface area contributed by atoms with E-state index in [1.165, 1.54) is 7.05 Å². The van der Waals surface area contributed by atoms with E-state index in [1.54, 1.807) is 6.92 Å². The smallest absolute Gasteiger partial charge is 0.229 e. The van der Waals surface area contributed by atoms with Gasteiger partial charge in [-0.15, -0.1) is 0 Å². The van der Waals surface area contributed by atoms with Gasteiger partial charge in [0.15, 0.2) is 0 Å². The number of rotatable bonds is 6. The third-order valence-electron chi connectivity index (χ3n) is 1.80. The number of carbonyl (C=O) groups is 1. The molecule has 0 aromatic rings. The zero-order valence-corrected chi connectivity index (χ0v) is 10.2. The lowest BCUT2D eigenvalue weighted by Crippen LogP contribution is -2.39. The molecule has 0 heterocycles. The van der Waals surface area contributed by atoms with Crippen molar-refractivity contribution in [2.45, 2.75) is 6.92 Å². The number of nitrogens with one attached hydrogen (secondary N) is 2. The van der Waals surface area contributed by atoms with Crippen LogP contribution in [0.1, 0.15) is 6.92 Å². The first-order valence-electron chi connectivity index (χ1n) is 4.28. The molecule has 0 spiro atoms. The quantitative estimate of drug-likeness (QED) is 0.504. The second kappa shape index (κ2) is 5.99. The fourth-order valence-corrected chi connectivity index (χ4v) is 1.37. The number of nitrogens with two attached hydrogens (primary N) is 1.